The lowest BCUT2D eigenvalue weighted by molar-refractivity contribution is -0.119. The minimum Gasteiger partial charge on any atom is -0.327 e. The third kappa shape index (κ3) is 5.71. The van der Waals surface area contributed by atoms with Gasteiger partial charge in [0.05, 0.1) is 17.5 Å². The number of carbonyl (C=O) groups is 2. The fraction of sp³-hybridized carbons (Fsp3) is 0.310. The van der Waals surface area contributed by atoms with Crippen molar-refractivity contribution in [3.63, 3.8) is 0 Å². The van der Waals surface area contributed by atoms with E-state index in [4.69, 9.17) is 0 Å². The highest BCUT2D eigenvalue weighted by Gasteiger charge is 2.35. The lowest BCUT2D eigenvalue weighted by Crippen LogP contribution is -2.43. The minimum atomic E-state index is -3.53. The van der Waals surface area contributed by atoms with Crippen LogP contribution in [0.3, 0.4) is 0 Å². The summed E-state index contributed by atoms with van der Waals surface area (Å²) in [5.74, 6) is -0.670. The molecule has 1 aliphatic rings. The number of rotatable bonds is 7. The van der Waals surface area contributed by atoms with Gasteiger partial charge in [-0.15, -0.1) is 11.3 Å². The van der Waals surface area contributed by atoms with E-state index in [0.717, 1.165) is 50.4 Å². The standard InChI is InChI=1S/C29H31N5O4S2/c1-5-24-15-22(12-18(2)30-24)20-8-6-9-21(14-20)25-17-39-29(31-25)32-27(35)26-10-7-11-33(26)28(36)23-13-19(3)34(16-23)40(4,37)38/h6,8-9,12-17,26H,5,7,10-11H2,1-4H3,(H,31,32,35)/t26-/m0/s1. The number of anilines is 1. The summed E-state index contributed by atoms with van der Waals surface area (Å²) in [4.78, 5) is 37.2. The predicted octanol–water partition coefficient (Wildman–Crippen LogP) is 4.90. The molecule has 3 aromatic heterocycles. The smallest absolute Gasteiger partial charge is 0.256 e. The van der Waals surface area contributed by atoms with E-state index in [1.54, 1.807) is 6.92 Å². The Morgan fingerprint density at radius 1 is 1.07 bits per heavy atom. The van der Waals surface area contributed by atoms with Gasteiger partial charge in [0.2, 0.25) is 15.9 Å². The lowest BCUT2D eigenvalue weighted by atomic mass is 10.0. The van der Waals surface area contributed by atoms with Crippen LogP contribution in [0, 0.1) is 13.8 Å². The molecule has 0 aliphatic carbocycles. The summed E-state index contributed by atoms with van der Waals surface area (Å²) in [6.07, 6.45) is 4.47. The number of nitrogens with zero attached hydrogens (tertiary/aromatic N) is 4. The van der Waals surface area contributed by atoms with Crippen LogP contribution in [0.15, 0.2) is 54.0 Å². The number of likely N-dealkylation sites (tertiary alicyclic amines) is 1. The normalized spacial score (nSPS) is 15.4. The molecule has 9 nitrogen and oxygen atoms in total. The average Bonchev–Trinajstić information content (AvgIpc) is 3.67. The first-order valence-corrected chi connectivity index (χ1v) is 15.8. The fourth-order valence-electron chi connectivity index (χ4n) is 5.07. The maximum absolute atomic E-state index is 13.2. The molecule has 0 unspecified atom stereocenters. The van der Waals surface area contributed by atoms with Crippen LogP contribution >= 0.6 is 11.3 Å². The van der Waals surface area contributed by atoms with Crippen molar-refractivity contribution < 1.29 is 18.0 Å². The molecule has 0 radical (unpaired) electrons. The first-order chi connectivity index (χ1) is 19.0. The highest BCUT2D eigenvalue weighted by Crippen LogP contribution is 2.30. The Hall–Kier alpha value is -3.83. The molecule has 1 atom stereocenters. The van der Waals surface area contributed by atoms with Crippen molar-refractivity contribution in [1.82, 2.24) is 18.8 Å². The average molecular weight is 578 g/mol. The summed E-state index contributed by atoms with van der Waals surface area (Å²) in [5, 5.41) is 5.24. The Kier molecular flexibility index (Phi) is 7.61. The van der Waals surface area contributed by atoms with Crippen molar-refractivity contribution in [2.75, 3.05) is 18.1 Å². The molecule has 1 aromatic carbocycles. The Bertz CT molecular complexity index is 1710. The van der Waals surface area contributed by atoms with Gasteiger partial charge in [-0.3, -0.25) is 14.6 Å². The first kappa shape index (κ1) is 27.7. The molecule has 1 N–H and O–H groups in total. The molecule has 0 bridgehead atoms. The van der Waals surface area contributed by atoms with E-state index in [2.05, 4.69) is 46.5 Å². The topological polar surface area (TPSA) is 114 Å². The fourth-order valence-corrected chi connectivity index (χ4v) is 6.68. The molecule has 0 saturated carbocycles. The maximum Gasteiger partial charge on any atom is 0.256 e. The Morgan fingerprint density at radius 3 is 2.58 bits per heavy atom. The van der Waals surface area contributed by atoms with Crippen molar-refractivity contribution in [3.05, 3.63) is 76.7 Å². The molecule has 1 saturated heterocycles. The summed E-state index contributed by atoms with van der Waals surface area (Å²) in [6.45, 7) is 6.13. The largest absolute Gasteiger partial charge is 0.327 e. The van der Waals surface area contributed by atoms with Crippen molar-refractivity contribution in [2.45, 2.75) is 46.1 Å². The van der Waals surface area contributed by atoms with Crippen molar-refractivity contribution in [3.8, 4) is 22.4 Å². The number of thiazole rings is 1. The molecule has 4 heterocycles. The van der Waals surface area contributed by atoms with Gasteiger partial charge in [-0.1, -0.05) is 25.1 Å². The van der Waals surface area contributed by atoms with Crippen LogP contribution in [-0.4, -0.2) is 57.9 Å². The number of nitrogens with one attached hydrogen (secondary N) is 1. The highest BCUT2D eigenvalue weighted by atomic mass is 32.2. The molecule has 4 aromatic rings. The zero-order valence-electron chi connectivity index (χ0n) is 22.8. The van der Waals surface area contributed by atoms with Crippen LogP contribution < -0.4 is 5.32 Å². The van der Waals surface area contributed by atoms with E-state index >= 15 is 0 Å². The third-order valence-electron chi connectivity index (χ3n) is 6.98. The number of hydrogen-bond acceptors (Lipinski definition) is 7. The van der Waals surface area contributed by atoms with E-state index in [9.17, 15) is 18.0 Å². The molecule has 208 valence electrons. The Morgan fingerprint density at radius 2 is 1.85 bits per heavy atom. The Balaban J connectivity index is 1.31. The van der Waals surface area contributed by atoms with Gasteiger partial charge in [0, 0.05) is 40.8 Å². The minimum absolute atomic E-state index is 0.245. The van der Waals surface area contributed by atoms with Crippen LogP contribution in [0.5, 0.6) is 0 Å². The number of pyridine rings is 1. The summed E-state index contributed by atoms with van der Waals surface area (Å²) in [6, 6.07) is 13.2. The van der Waals surface area contributed by atoms with Gasteiger partial charge in [0.1, 0.15) is 6.04 Å². The van der Waals surface area contributed by atoms with Gasteiger partial charge in [-0.25, -0.2) is 17.4 Å². The van der Waals surface area contributed by atoms with E-state index in [1.807, 2.05) is 24.4 Å². The van der Waals surface area contributed by atoms with Crippen molar-refractivity contribution >= 4 is 38.3 Å². The van der Waals surface area contributed by atoms with Crippen LogP contribution in [0.4, 0.5) is 5.13 Å². The van der Waals surface area contributed by atoms with Gasteiger partial charge in [-0.2, -0.15) is 0 Å². The summed E-state index contributed by atoms with van der Waals surface area (Å²) < 4.78 is 25.1. The number of hydrogen-bond donors (Lipinski definition) is 1. The number of carbonyl (C=O) groups excluding carboxylic acids is 2. The zero-order valence-corrected chi connectivity index (χ0v) is 24.5. The highest BCUT2D eigenvalue weighted by molar-refractivity contribution is 7.89. The van der Waals surface area contributed by atoms with E-state index in [0.29, 0.717) is 30.2 Å². The summed E-state index contributed by atoms with van der Waals surface area (Å²) >= 11 is 1.33. The monoisotopic (exact) mass is 577 g/mol. The van der Waals surface area contributed by atoms with Gasteiger partial charge in [0.15, 0.2) is 5.13 Å². The molecule has 0 spiro atoms. The van der Waals surface area contributed by atoms with E-state index in [1.165, 1.54) is 28.5 Å². The molecule has 5 rings (SSSR count). The molecule has 1 aliphatic heterocycles. The quantitative estimate of drug-likeness (QED) is 0.334. The molecule has 2 amide bonds. The van der Waals surface area contributed by atoms with Gasteiger partial charge in [-0.05, 0) is 68.5 Å². The zero-order chi connectivity index (χ0) is 28.6. The molecule has 11 heteroatoms. The second kappa shape index (κ2) is 11.0. The van der Waals surface area contributed by atoms with Crippen LogP contribution in [0.1, 0.15) is 47.2 Å². The molecule has 40 heavy (non-hydrogen) atoms. The van der Waals surface area contributed by atoms with E-state index < -0.39 is 16.1 Å². The number of benzene rings is 1. The third-order valence-corrected chi connectivity index (χ3v) is 8.85. The second-order valence-electron chi connectivity index (χ2n) is 10.0. The SMILES string of the molecule is CCc1cc(-c2cccc(-c3csc(NC(=O)[C@@H]4CCCN4C(=O)c4cc(C)n(S(C)(=O)=O)c4)n3)c2)cc(C)n1. The number of amides is 2. The first-order valence-electron chi connectivity index (χ1n) is 13.1. The van der Waals surface area contributed by atoms with Gasteiger partial charge < -0.3 is 10.2 Å². The van der Waals surface area contributed by atoms with E-state index in [-0.39, 0.29) is 17.4 Å². The molecule has 1 fully saturated rings. The maximum atomic E-state index is 13.2. The summed E-state index contributed by atoms with van der Waals surface area (Å²) in [5.41, 5.74) is 6.55. The summed E-state index contributed by atoms with van der Waals surface area (Å²) in [7, 11) is -3.53. The van der Waals surface area contributed by atoms with Gasteiger partial charge >= 0.3 is 0 Å². The Labute approximate surface area is 238 Å². The molecular weight excluding hydrogens is 546 g/mol. The predicted molar refractivity (Wildman–Crippen MR) is 157 cm³/mol. The van der Waals surface area contributed by atoms with Crippen LogP contribution in [-0.2, 0) is 21.2 Å². The van der Waals surface area contributed by atoms with Crippen molar-refractivity contribution in [2.24, 2.45) is 0 Å². The van der Waals surface area contributed by atoms with Gasteiger partial charge in [0.25, 0.3) is 5.91 Å². The van der Waals surface area contributed by atoms with Crippen LogP contribution in [0.25, 0.3) is 22.4 Å². The van der Waals surface area contributed by atoms with Crippen LogP contribution in [0.2, 0.25) is 0 Å². The second-order valence-corrected chi connectivity index (χ2v) is 12.8. The molecular formula is C29H31N5O4S2. The van der Waals surface area contributed by atoms with Crippen molar-refractivity contribution in [1.29, 1.82) is 0 Å². The lowest BCUT2D eigenvalue weighted by Gasteiger charge is -2.23. The number of aromatic nitrogens is 3. The number of aryl methyl sites for hydroxylation is 3.